The van der Waals surface area contributed by atoms with E-state index in [-0.39, 0.29) is 12.4 Å². The van der Waals surface area contributed by atoms with Gasteiger partial charge < -0.3 is 14.6 Å². The van der Waals surface area contributed by atoms with E-state index >= 15 is 0 Å². The van der Waals surface area contributed by atoms with Crippen LogP contribution in [0.5, 0.6) is 11.5 Å². The first kappa shape index (κ1) is 10.1. The molecular weight excluding hydrogens is 242 g/mol. The monoisotopic (exact) mass is 249 g/mol. The number of rotatable bonds is 2. The summed E-state index contributed by atoms with van der Waals surface area (Å²) in [4.78, 5) is 11.0. The average molecular weight is 249 g/mol. The lowest BCUT2D eigenvalue weighted by Crippen LogP contribution is -1.96. The van der Waals surface area contributed by atoms with Crippen LogP contribution in [0.4, 0.5) is 0 Å². The molecule has 5 nitrogen and oxygen atoms in total. The van der Waals surface area contributed by atoms with Crippen LogP contribution >= 0.6 is 11.5 Å². The van der Waals surface area contributed by atoms with Crippen LogP contribution in [0.3, 0.4) is 0 Å². The largest absolute Gasteiger partial charge is 0.478 e. The van der Waals surface area contributed by atoms with Crippen molar-refractivity contribution in [3.05, 3.63) is 29.1 Å². The molecule has 0 atom stereocenters. The minimum Gasteiger partial charge on any atom is -0.478 e. The number of carboxylic acids is 1. The topological polar surface area (TPSA) is 68.7 Å². The van der Waals surface area contributed by atoms with Crippen LogP contribution in [0, 0.1) is 0 Å². The fraction of sp³-hybridized carbons (Fsp3) is 0.0909. The van der Waals surface area contributed by atoms with Gasteiger partial charge in [-0.1, -0.05) is 0 Å². The zero-order valence-corrected chi connectivity index (χ0v) is 9.36. The fourth-order valence-electron chi connectivity index (χ4n) is 1.64. The van der Waals surface area contributed by atoms with Crippen LogP contribution in [0.2, 0.25) is 0 Å². The highest BCUT2D eigenvalue weighted by atomic mass is 32.1. The van der Waals surface area contributed by atoms with E-state index < -0.39 is 5.97 Å². The second kappa shape index (κ2) is 3.74. The van der Waals surface area contributed by atoms with Crippen molar-refractivity contribution in [3.63, 3.8) is 0 Å². The number of benzene rings is 1. The van der Waals surface area contributed by atoms with Crippen LogP contribution in [-0.2, 0) is 0 Å². The predicted molar refractivity (Wildman–Crippen MR) is 60.6 cm³/mol. The van der Waals surface area contributed by atoms with Crippen molar-refractivity contribution >= 4 is 17.5 Å². The number of hydrogen-bond acceptors (Lipinski definition) is 5. The summed E-state index contributed by atoms with van der Waals surface area (Å²) >= 11 is 1.12. The van der Waals surface area contributed by atoms with Crippen molar-refractivity contribution in [2.24, 2.45) is 0 Å². The molecule has 1 aliphatic rings. The zero-order chi connectivity index (χ0) is 11.8. The number of ether oxygens (including phenoxy) is 2. The SMILES string of the molecule is O=C(O)c1csnc1-c1ccc2c(c1)OCO2. The molecule has 6 heteroatoms. The highest BCUT2D eigenvalue weighted by molar-refractivity contribution is 7.04. The van der Waals surface area contributed by atoms with Crippen molar-refractivity contribution < 1.29 is 19.4 Å². The van der Waals surface area contributed by atoms with Gasteiger partial charge in [0.15, 0.2) is 11.5 Å². The van der Waals surface area contributed by atoms with Gasteiger partial charge in [0.1, 0.15) is 0 Å². The van der Waals surface area contributed by atoms with Crippen LogP contribution in [0.25, 0.3) is 11.3 Å². The highest BCUT2D eigenvalue weighted by Crippen LogP contribution is 2.36. The number of carboxylic acid groups (broad SMARTS) is 1. The molecule has 0 saturated heterocycles. The van der Waals surface area contributed by atoms with Gasteiger partial charge in [-0.3, -0.25) is 0 Å². The van der Waals surface area contributed by atoms with Crippen LogP contribution in [-0.4, -0.2) is 22.2 Å². The van der Waals surface area contributed by atoms with Gasteiger partial charge in [0.25, 0.3) is 0 Å². The third kappa shape index (κ3) is 1.62. The maximum absolute atomic E-state index is 11.0. The van der Waals surface area contributed by atoms with E-state index in [2.05, 4.69) is 4.37 Å². The molecular formula is C11H7NO4S. The maximum atomic E-state index is 11.0. The van der Waals surface area contributed by atoms with E-state index in [1.54, 1.807) is 18.2 Å². The van der Waals surface area contributed by atoms with Crippen molar-refractivity contribution in [2.45, 2.75) is 0 Å². The normalized spacial score (nSPS) is 12.7. The standard InChI is InChI=1S/C11H7NO4S/c13-11(14)7-4-17-12-10(7)6-1-2-8-9(3-6)16-5-15-8/h1-4H,5H2,(H,13,14). The molecule has 2 aromatic rings. The Morgan fingerprint density at radius 3 is 3.00 bits per heavy atom. The predicted octanol–water partition coefficient (Wildman–Crippen LogP) is 2.24. The molecule has 0 spiro atoms. The molecule has 0 amide bonds. The summed E-state index contributed by atoms with van der Waals surface area (Å²) in [5, 5.41) is 10.5. The Labute approximate surface area is 100 Å². The van der Waals surface area contributed by atoms with Gasteiger partial charge in [-0.05, 0) is 29.7 Å². The highest BCUT2D eigenvalue weighted by Gasteiger charge is 2.18. The Bertz CT molecular complexity index is 593. The minimum absolute atomic E-state index is 0.196. The summed E-state index contributed by atoms with van der Waals surface area (Å²) in [5.41, 5.74) is 1.38. The molecule has 0 unspecified atom stereocenters. The molecule has 0 radical (unpaired) electrons. The second-order valence-corrected chi connectivity index (χ2v) is 4.08. The van der Waals surface area contributed by atoms with Crippen LogP contribution in [0.1, 0.15) is 10.4 Å². The van der Waals surface area contributed by atoms with E-state index in [0.717, 1.165) is 11.5 Å². The Morgan fingerprint density at radius 1 is 1.35 bits per heavy atom. The summed E-state index contributed by atoms with van der Waals surface area (Å²) < 4.78 is 14.5. The average Bonchev–Trinajstić information content (AvgIpc) is 2.96. The van der Waals surface area contributed by atoms with Gasteiger partial charge in [-0.25, -0.2) is 4.79 Å². The first-order chi connectivity index (χ1) is 8.25. The number of nitrogens with zero attached hydrogens (tertiary/aromatic N) is 1. The van der Waals surface area contributed by atoms with E-state index in [4.69, 9.17) is 14.6 Å². The Morgan fingerprint density at radius 2 is 2.18 bits per heavy atom. The lowest BCUT2D eigenvalue weighted by Gasteiger charge is -2.01. The summed E-state index contributed by atoms with van der Waals surface area (Å²) in [5.74, 6) is 0.305. The van der Waals surface area contributed by atoms with E-state index in [1.807, 2.05) is 0 Å². The first-order valence-electron chi connectivity index (χ1n) is 4.83. The van der Waals surface area contributed by atoms with Gasteiger partial charge >= 0.3 is 5.97 Å². The molecule has 1 aromatic carbocycles. The maximum Gasteiger partial charge on any atom is 0.338 e. The van der Waals surface area contributed by atoms with Crippen LogP contribution < -0.4 is 9.47 Å². The van der Waals surface area contributed by atoms with E-state index in [1.165, 1.54) is 5.38 Å². The van der Waals surface area contributed by atoms with E-state index in [9.17, 15) is 4.79 Å². The van der Waals surface area contributed by atoms with Gasteiger partial charge in [-0.15, -0.1) is 0 Å². The van der Waals surface area contributed by atoms with E-state index in [0.29, 0.717) is 22.8 Å². The lowest BCUT2D eigenvalue weighted by molar-refractivity contribution is 0.0698. The molecule has 17 heavy (non-hydrogen) atoms. The summed E-state index contributed by atoms with van der Waals surface area (Å²) in [7, 11) is 0. The Hall–Kier alpha value is -2.08. The first-order valence-corrected chi connectivity index (χ1v) is 5.67. The molecule has 0 bridgehead atoms. The quantitative estimate of drug-likeness (QED) is 0.883. The summed E-state index contributed by atoms with van der Waals surface area (Å²) in [6, 6.07) is 5.27. The van der Waals surface area contributed by atoms with Gasteiger partial charge in [0.2, 0.25) is 6.79 Å². The number of fused-ring (bicyclic) bond motifs is 1. The fourth-order valence-corrected chi connectivity index (χ4v) is 2.32. The number of carbonyl (C=O) groups is 1. The summed E-state index contributed by atoms with van der Waals surface area (Å²) in [6.45, 7) is 0.196. The van der Waals surface area contributed by atoms with Crippen molar-refractivity contribution in [1.29, 1.82) is 0 Å². The van der Waals surface area contributed by atoms with Crippen molar-refractivity contribution in [2.75, 3.05) is 6.79 Å². The van der Waals surface area contributed by atoms with Gasteiger partial charge in [0.05, 0.1) is 11.3 Å². The molecule has 0 aliphatic carbocycles. The molecule has 0 fully saturated rings. The second-order valence-electron chi connectivity index (χ2n) is 3.45. The molecule has 1 aliphatic heterocycles. The molecule has 2 heterocycles. The van der Waals surface area contributed by atoms with Crippen LogP contribution in [0.15, 0.2) is 23.6 Å². The molecule has 0 saturated carbocycles. The molecule has 1 N–H and O–H groups in total. The van der Waals surface area contributed by atoms with Gasteiger partial charge in [-0.2, -0.15) is 4.37 Å². The molecule has 1 aromatic heterocycles. The molecule has 86 valence electrons. The smallest absolute Gasteiger partial charge is 0.338 e. The van der Waals surface area contributed by atoms with Crippen molar-refractivity contribution in [1.82, 2.24) is 4.37 Å². The third-order valence-electron chi connectivity index (χ3n) is 2.45. The Balaban J connectivity index is 2.09. The Kier molecular flexibility index (Phi) is 2.22. The molecule has 3 rings (SSSR count). The number of hydrogen-bond donors (Lipinski definition) is 1. The number of aromatic nitrogens is 1. The van der Waals surface area contributed by atoms with Crippen molar-refractivity contribution in [3.8, 4) is 22.8 Å². The zero-order valence-electron chi connectivity index (χ0n) is 8.54. The summed E-state index contributed by atoms with van der Waals surface area (Å²) in [6.07, 6.45) is 0. The lowest BCUT2D eigenvalue weighted by atomic mass is 10.1. The van der Waals surface area contributed by atoms with Gasteiger partial charge in [0, 0.05) is 10.9 Å². The number of aromatic carboxylic acids is 1. The minimum atomic E-state index is -0.980. The third-order valence-corrected chi connectivity index (χ3v) is 3.08.